The molecule has 1 saturated heterocycles. The lowest BCUT2D eigenvalue weighted by atomic mass is 10.00. The zero-order valence-corrected chi connectivity index (χ0v) is 11.0. The van der Waals surface area contributed by atoms with Crippen LogP contribution in [0.1, 0.15) is 39.8 Å². The number of amides is 2. The Bertz CT molecular complexity index is 458. The quantitative estimate of drug-likeness (QED) is 0.754. The molecule has 2 amide bonds. The zero-order chi connectivity index (χ0) is 13.1. The summed E-state index contributed by atoms with van der Waals surface area (Å²) in [5.41, 5.74) is 5.55. The lowest BCUT2D eigenvalue weighted by Crippen LogP contribution is -2.51. The average molecular weight is 267 g/mol. The minimum atomic E-state index is -0.502. The molecule has 0 aliphatic carbocycles. The number of hydrogen-bond donors (Lipinski definition) is 3. The zero-order valence-electron chi connectivity index (χ0n) is 10.2. The second kappa shape index (κ2) is 5.49. The van der Waals surface area contributed by atoms with E-state index in [1.807, 2.05) is 0 Å². The first-order chi connectivity index (χ1) is 8.58. The normalized spacial score (nSPS) is 23.6. The lowest BCUT2D eigenvalue weighted by molar-refractivity contribution is 0.0924. The van der Waals surface area contributed by atoms with Crippen LogP contribution in [0.2, 0.25) is 0 Å². The van der Waals surface area contributed by atoms with Crippen LogP contribution in [0.5, 0.6) is 0 Å². The van der Waals surface area contributed by atoms with E-state index in [4.69, 9.17) is 5.73 Å². The van der Waals surface area contributed by atoms with Crippen LogP contribution in [-0.4, -0.2) is 30.4 Å². The molecule has 98 valence electrons. The molecule has 1 aromatic rings. The van der Waals surface area contributed by atoms with Gasteiger partial charge in [0.2, 0.25) is 5.91 Å². The number of primary amides is 1. The van der Waals surface area contributed by atoms with Gasteiger partial charge in [0.05, 0.1) is 10.4 Å². The van der Waals surface area contributed by atoms with Gasteiger partial charge in [-0.2, -0.15) is 0 Å². The first-order valence-electron chi connectivity index (χ1n) is 6.00. The Kier molecular flexibility index (Phi) is 3.98. The van der Waals surface area contributed by atoms with Gasteiger partial charge in [-0.3, -0.25) is 9.59 Å². The van der Waals surface area contributed by atoms with E-state index in [2.05, 4.69) is 17.6 Å². The first-order valence-corrected chi connectivity index (χ1v) is 6.88. The topological polar surface area (TPSA) is 84.2 Å². The van der Waals surface area contributed by atoms with Crippen LogP contribution in [0, 0.1) is 0 Å². The van der Waals surface area contributed by atoms with Crippen molar-refractivity contribution in [3.8, 4) is 0 Å². The third kappa shape index (κ3) is 2.88. The Labute approximate surface area is 110 Å². The van der Waals surface area contributed by atoms with Crippen LogP contribution < -0.4 is 16.4 Å². The van der Waals surface area contributed by atoms with Crippen molar-refractivity contribution < 1.29 is 9.59 Å². The number of hydrogen-bond acceptors (Lipinski definition) is 4. The number of nitrogens with two attached hydrogens (primary N) is 1. The van der Waals surface area contributed by atoms with Crippen molar-refractivity contribution in [3.63, 3.8) is 0 Å². The predicted molar refractivity (Wildman–Crippen MR) is 70.8 cm³/mol. The number of piperidine rings is 1. The minimum absolute atomic E-state index is 0.131. The van der Waals surface area contributed by atoms with Gasteiger partial charge in [-0.15, -0.1) is 11.3 Å². The standard InChI is InChI=1S/C12H17N3O2S/c1-7-9(3-2-4-14-7)15-12(17)10-5-8(6-18-10)11(13)16/h5-7,9,14H,2-4H2,1H3,(H2,13,16)(H,15,17). The third-order valence-corrected chi connectivity index (χ3v) is 4.11. The summed E-state index contributed by atoms with van der Waals surface area (Å²) in [6, 6.07) is 1.96. The summed E-state index contributed by atoms with van der Waals surface area (Å²) in [4.78, 5) is 23.5. The summed E-state index contributed by atoms with van der Waals surface area (Å²) in [5, 5.41) is 7.93. The van der Waals surface area contributed by atoms with Crippen LogP contribution in [0.3, 0.4) is 0 Å². The maximum absolute atomic E-state index is 12.0. The minimum Gasteiger partial charge on any atom is -0.366 e. The van der Waals surface area contributed by atoms with Gasteiger partial charge in [-0.1, -0.05) is 0 Å². The van der Waals surface area contributed by atoms with E-state index in [-0.39, 0.29) is 18.0 Å². The fourth-order valence-corrected chi connectivity index (χ4v) is 2.86. The molecular weight excluding hydrogens is 250 g/mol. The Morgan fingerprint density at radius 3 is 2.94 bits per heavy atom. The van der Waals surface area contributed by atoms with Crippen LogP contribution >= 0.6 is 11.3 Å². The van der Waals surface area contributed by atoms with Gasteiger partial charge in [-0.25, -0.2) is 0 Å². The van der Waals surface area contributed by atoms with E-state index in [1.165, 1.54) is 11.3 Å². The van der Waals surface area contributed by atoms with Crippen molar-refractivity contribution in [1.29, 1.82) is 0 Å². The molecule has 2 unspecified atom stereocenters. The lowest BCUT2D eigenvalue weighted by Gasteiger charge is -2.30. The molecule has 0 bridgehead atoms. The van der Waals surface area contributed by atoms with Gasteiger partial charge in [0.15, 0.2) is 0 Å². The number of rotatable bonds is 3. The van der Waals surface area contributed by atoms with E-state index >= 15 is 0 Å². The van der Waals surface area contributed by atoms with Gasteiger partial charge in [0, 0.05) is 17.5 Å². The second-order valence-corrected chi connectivity index (χ2v) is 5.44. The smallest absolute Gasteiger partial charge is 0.261 e. The Balaban J connectivity index is 2.00. The average Bonchev–Trinajstić information content (AvgIpc) is 2.81. The SMILES string of the molecule is CC1NCCCC1NC(=O)c1cc(C(N)=O)cs1. The van der Waals surface area contributed by atoms with E-state index in [1.54, 1.807) is 11.4 Å². The molecule has 5 nitrogen and oxygen atoms in total. The molecule has 1 aromatic heterocycles. The molecule has 0 aromatic carbocycles. The van der Waals surface area contributed by atoms with Crippen molar-refractivity contribution in [2.75, 3.05) is 6.54 Å². The molecule has 2 heterocycles. The number of carbonyl (C=O) groups excluding carboxylic acids is 2. The fraction of sp³-hybridized carbons (Fsp3) is 0.500. The Morgan fingerprint density at radius 1 is 1.56 bits per heavy atom. The largest absolute Gasteiger partial charge is 0.366 e. The molecule has 2 atom stereocenters. The van der Waals surface area contributed by atoms with Gasteiger partial charge in [-0.05, 0) is 32.4 Å². The molecule has 2 rings (SSSR count). The molecule has 18 heavy (non-hydrogen) atoms. The van der Waals surface area contributed by atoms with Crippen molar-refractivity contribution in [1.82, 2.24) is 10.6 Å². The fourth-order valence-electron chi connectivity index (χ4n) is 2.07. The summed E-state index contributed by atoms with van der Waals surface area (Å²) < 4.78 is 0. The van der Waals surface area contributed by atoms with Gasteiger partial charge in [0.25, 0.3) is 5.91 Å². The summed E-state index contributed by atoms with van der Waals surface area (Å²) in [6.07, 6.45) is 2.04. The highest BCUT2D eigenvalue weighted by Gasteiger charge is 2.23. The third-order valence-electron chi connectivity index (χ3n) is 3.19. The molecule has 1 aliphatic rings. The van der Waals surface area contributed by atoms with Crippen LogP contribution in [-0.2, 0) is 0 Å². The summed E-state index contributed by atoms with van der Waals surface area (Å²) in [6.45, 7) is 3.06. The van der Waals surface area contributed by atoms with Crippen molar-refractivity contribution >= 4 is 23.2 Å². The van der Waals surface area contributed by atoms with E-state index in [0.29, 0.717) is 10.4 Å². The highest BCUT2D eigenvalue weighted by molar-refractivity contribution is 7.12. The van der Waals surface area contributed by atoms with Gasteiger partial charge in [0.1, 0.15) is 0 Å². The maximum Gasteiger partial charge on any atom is 0.261 e. The molecule has 1 aliphatic heterocycles. The number of carbonyl (C=O) groups is 2. The molecule has 0 radical (unpaired) electrons. The second-order valence-electron chi connectivity index (χ2n) is 4.53. The number of thiophene rings is 1. The summed E-state index contributed by atoms with van der Waals surface area (Å²) in [7, 11) is 0. The van der Waals surface area contributed by atoms with Gasteiger partial charge >= 0.3 is 0 Å². The Hall–Kier alpha value is -1.40. The molecule has 6 heteroatoms. The van der Waals surface area contributed by atoms with E-state index in [0.717, 1.165) is 19.4 Å². The maximum atomic E-state index is 12.0. The van der Waals surface area contributed by atoms with Crippen LogP contribution in [0.15, 0.2) is 11.4 Å². The summed E-state index contributed by atoms with van der Waals surface area (Å²) in [5.74, 6) is -0.633. The van der Waals surface area contributed by atoms with E-state index in [9.17, 15) is 9.59 Å². The monoisotopic (exact) mass is 267 g/mol. The highest BCUT2D eigenvalue weighted by Crippen LogP contribution is 2.16. The molecule has 1 fully saturated rings. The molecule has 0 spiro atoms. The van der Waals surface area contributed by atoms with Gasteiger partial charge < -0.3 is 16.4 Å². The van der Waals surface area contributed by atoms with Crippen molar-refractivity contribution in [2.24, 2.45) is 5.73 Å². The molecule has 4 N–H and O–H groups in total. The van der Waals surface area contributed by atoms with Crippen LogP contribution in [0.4, 0.5) is 0 Å². The predicted octanol–water partition coefficient (Wildman–Crippen LogP) is 0.717. The molecule has 0 saturated carbocycles. The Morgan fingerprint density at radius 2 is 2.33 bits per heavy atom. The highest BCUT2D eigenvalue weighted by atomic mass is 32.1. The van der Waals surface area contributed by atoms with Crippen molar-refractivity contribution in [2.45, 2.75) is 31.8 Å². The van der Waals surface area contributed by atoms with E-state index < -0.39 is 5.91 Å². The summed E-state index contributed by atoms with van der Waals surface area (Å²) >= 11 is 1.24. The van der Waals surface area contributed by atoms with Crippen molar-refractivity contribution in [3.05, 3.63) is 21.9 Å². The van der Waals surface area contributed by atoms with Crippen LogP contribution in [0.25, 0.3) is 0 Å². The first kappa shape index (κ1) is 13.0. The molecular formula is C12H17N3O2S. The number of nitrogens with one attached hydrogen (secondary N) is 2.